The minimum absolute atomic E-state index is 0.00912. The summed E-state index contributed by atoms with van der Waals surface area (Å²) in [6, 6.07) is 0.314. The van der Waals surface area contributed by atoms with Crippen LogP contribution in [0, 0.1) is 17.8 Å². The van der Waals surface area contributed by atoms with Crippen molar-refractivity contribution in [3.05, 3.63) is 0 Å². The molecule has 2 saturated carbocycles. The van der Waals surface area contributed by atoms with E-state index in [1.165, 1.54) is 19.3 Å². The van der Waals surface area contributed by atoms with Crippen LogP contribution >= 0.6 is 0 Å². The monoisotopic (exact) mass is 340 g/mol. The molecule has 0 spiro atoms. The van der Waals surface area contributed by atoms with Crippen LogP contribution < -0.4 is 22.9 Å². The van der Waals surface area contributed by atoms with E-state index >= 15 is 0 Å². The molecule has 2 rings (SSSR count). The Hall–Kier alpha value is -0.160. The molecule has 0 amide bonds. The Bertz CT molecular complexity index is 366. The van der Waals surface area contributed by atoms with Gasteiger partial charge in [0.15, 0.2) is 0 Å². The highest BCUT2D eigenvalue weighted by Gasteiger charge is 2.34. The van der Waals surface area contributed by atoms with Gasteiger partial charge in [-0.2, -0.15) is 0 Å². The van der Waals surface area contributed by atoms with Crippen molar-refractivity contribution in [3.63, 3.8) is 0 Å². The van der Waals surface area contributed by atoms with Gasteiger partial charge in [-0.1, -0.05) is 13.8 Å². The van der Waals surface area contributed by atoms with Gasteiger partial charge in [0.1, 0.15) is 0 Å². The molecule has 4 nitrogen and oxygen atoms in total. The fourth-order valence-corrected chi connectivity index (χ4v) is 4.35. The third-order valence-electron chi connectivity index (χ3n) is 6.34. The van der Waals surface area contributed by atoms with E-state index in [4.69, 9.17) is 22.9 Å². The van der Waals surface area contributed by atoms with Crippen molar-refractivity contribution in [1.29, 1.82) is 0 Å². The lowest BCUT2D eigenvalue weighted by molar-refractivity contribution is 0.177. The third kappa shape index (κ3) is 6.99. The van der Waals surface area contributed by atoms with Gasteiger partial charge in [-0.3, -0.25) is 0 Å². The van der Waals surface area contributed by atoms with Crippen molar-refractivity contribution < 1.29 is 0 Å². The molecule has 2 aliphatic rings. The summed E-state index contributed by atoms with van der Waals surface area (Å²) < 4.78 is 0. The summed E-state index contributed by atoms with van der Waals surface area (Å²) in [4.78, 5) is 0. The van der Waals surface area contributed by atoms with Gasteiger partial charge in [0.2, 0.25) is 0 Å². The Labute approximate surface area is 150 Å². The van der Waals surface area contributed by atoms with Crippen molar-refractivity contribution in [3.8, 4) is 0 Å². The van der Waals surface area contributed by atoms with Gasteiger partial charge >= 0.3 is 0 Å². The van der Waals surface area contributed by atoms with Crippen LogP contribution in [-0.4, -0.2) is 22.7 Å². The summed E-state index contributed by atoms with van der Waals surface area (Å²) >= 11 is 0. The van der Waals surface area contributed by atoms with Gasteiger partial charge < -0.3 is 22.9 Å². The minimum Gasteiger partial charge on any atom is -0.327 e. The molecule has 0 aliphatic heterocycles. The first kappa shape index (κ1) is 21.9. The Morgan fingerprint density at radius 3 is 1.75 bits per heavy atom. The van der Waals surface area contributed by atoms with Crippen molar-refractivity contribution in [2.75, 3.05) is 0 Å². The van der Waals surface area contributed by atoms with Gasteiger partial charge in [-0.05, 0) is 90.4 Å². The second kappa shape index (κ2) is 8.03. The van der Waals surface area contributed by atoms with Crippen LogP contribution in [0.4, 0.5) is 0 Å². The predicted octanol–water partition coefficient (Wildman–Crippen LogP) is 3.12. The first-order chi connectivity index (χ1) is 10.7. The van der Waals surface area contributed by atoms with Crippen LogP contribution in [0.1, 0.15) is 86.5 Å². The van der Waals surface area contributed by atoms with Gasteiger partial charge in [0, 0.05) is 22.7 Å². The molecule has 0 radical (unpaired) electrons. The molecule has 0 aromatic rings. The number of nitrogens with two attached hydrogens (primary N) is 4. The molecule has 4 heteroatoms. The minimum atomic E-state index is -0.0174. The quantitative estimate of drug-likeness (QED) is 0.620. The normalized spacial score (nSPS) is 40.9. The zero-order valence-electron chi connectivity index (χ0n) is 17.1. The number of rotatable bonds is 2. The molecule has 2 aliphatic carbocycles. The van der Waals surface area contributed by atoms with E-state index in [9.17, 15) is 0 Å². The molecule has 3 atom stereocenters. The summed E-state index contributed by atoms with van der Waals surface area (Å²) in [6.45, 7) is 13.0. The van der Waals surface area contributed by atoms with Crippen molar-refractivity contribution in [1.82, 2.24) is 0 Å². The molecule has 0 bridgehead atoms. The second-order valence-electron chi connectivity index (χ2n) is 10.2. The lowest BCUT2D eigenvalue weighted by Crippen LogP contribution is -2.50. The summed E-state index contributed by atoms with van der Waals surface area (Å²) in [7, 11) is 0. The molecule has 2 fully saturated rings. The lowest BCUT2D eigenvalue weighted by Gasteiger charge is -2.40. The second-order valence-corrected chi connectivity index (χ2v) is 10.2. The van der Waals surface area contributed by atoms with Gasteiger partial charge in [0.25, 0.3) is 0 Å². The standard InChI is InChI=1S/2C10H22N2/c1-9(2,11)8-4-6-10(3,12)7-5-8;1-7(2)8-4-5-10(3,12)6-9(8)11/h8H,4-7,11-12H2,1-3H3;7-9H,4-6,11-12H2,1-3H3. The largest absolute Gasteiger partial charge is 0.327 e. The maximum Gasteiger partial charge on any atom is 0.0140 e. The molecule has 144 valence electrons. The van der Waals surface area contributed by atoms with Crippen molar-refractivity contribution in [2.24, 2.45) is 40.7 Å². The van der Waals surface area contributed by atoms with E-state index in [1.54, 1.807) is 0 Å². The van der Waals surface area contributed by atoms with Crippen LogP contribution in [0.3, 0.4) is 0 Å². The molecular weight excluding hydrogens is 296 g/mol. The lowest BCUT2D eigenvalue weighted by atomic mass is 9.71. The summed E-state index contributed by atoms with van der Waals surface area (Å²) in [5.41, 5.74) is 24.3. The van der Waals surface area contributed by atoms with Gasteiger partial charge in [-0.15, -0.1) is 0 Å². The Morgan fingerprint density at radius 2 is 1.38 bits per heavy atom. The Morgan fingerprint density at radius 1 is 0.917 bits per heavy atom. The molecule has 8 N–H and O–H groups in total. The summed E-state index contributed by atoms with van der Waals surface area (Å²) in [5.74, 6) is 2.05. The molecule has 0 aromatic carbocycles. The van der Waals surface area contributed by atoms with Crippen LogP contribution in [-0.2, 0) is 0 Å². The molecular formula is C20H44N4. The average molecular weight is 341 g/mol. The molecule has 0 aromatic heterocycles. The average Bonchev–Trinajstić information content (AvgIpc) is 2.35. The highest BCUT2D eigenvalue weighted by molar-refractivity contribution is 4.94. The fraction of sp³-hybridized carbons (Fsp3) is 1.00. The van der Waals surface area contributed by atoms with Gasteiger partial charge in [-0.25, -0.2) is 0 Å². The fourth-order valence-electron chi connectivity index (χ4n) is 4.35. The maximum atomic E-state index is 6.08. The van der Waals surface area contributed by atoms with Crippen molar-refractivity contribution >= 4 is 0 Å². The molecule has 3 unspecified atom stereocenters. The van der Waals surface area contributed by atoms with E-state index in [1.807, 2.05) is 0 Å². The highest BCUT2D eigenvalue weighted by Crippen LogP contribution is 2.35. The third-order valence-corrected chi connectivity index (χ3v) is 6.34. The summed E-state index contributed by atoms with van der Waals surface area (Å²) in [5, 5.41) is 0. The van der Waals surface area contributed by atoms with E-state index < -0.39 is 0 Å². The highest BCUT2D eigenvalue weighted by atomic mass is 14.8. The zero-order valence-corrected chi connectivity index (χ0v) is 17.1. The van der Waals surface area contributed by atoms with E-state index in [0.717, 1.165) is 25.7 Å². The van der Waals surface area contributed by atoms with E-state index in [2.05, 4.69) is 41.5 Å². The van der Waals surface area contributed by atoms with Gasteiger partial charge in [0.05, 0.1) is 0 Å². The van der Waals surface area contributed by atoms with E-state index in [-0.39, 0.29) is 16.6 Å². The predicted molar refractivity (Wildman–Crippen MR) is 106 cm³/mol. The van der Waals surface area contributed by atoms with Crippen LogP contribution in [0.5, 0.6) is 0 Å². The summed E-state index contributed by atoms with van der Waals surface area (Å²) in [6.07, 6.45) is 7.94. The Balaban J connectivity index is 0.000000240. The first-order valence-electron chi connectivity index (χ1n) is 9.86. The number of hydrogen-bond donors (Lipinski definition) is 4. The molecule has 0 saturated heterocycles. The van der Waals surface area contributed by atoms with Crippen molar-refractivity contribution in [2.45, 2.75) is 109 Å². The maximum absolute atomic E-state index is 6.08. The first-order valence-corrected chi connectivity index (χ1v) is 9.86. The van der Waals surface area contributed by atoms with E-state index in [0.29, 0.717) is 23.8 Å². The zero-order chi connectivity index (χ0) is 18.8. The smallest absolute Gasteiger partial charge is 0.0140 e. The Kier molecular flexibility index (Phi) is 7.32. The SMILES string of the molecule is CC(C)C1CCC(C)(N)CC1N.CC1(N)CCC(C(C)(C)N)CC1. The van der Waals surface area contributed by atoms with Crippen LogP contribution in [0.25, 0.3) is 0 Å². The number of hydrogen-bond acceptors (Lipinski definition) is 4. The topological polar surface area (TPSA) is 104 Å². The van der Waals surface area contributed by atoms with Crippen LogP contribution in [0.2, 0.25) is 0 Å². The molecule has 24 heavy (non-hydrogen) atoms. The molecule has 0 heterocycles. The van der Waals surface area contributed by atoms with Crippen LogP contribution in [0.15, 0.2) is 0 Å².